The molecule has 0 fully saturated rings. The molecule has 0 unspecified atom stereocenters. The van der Waals surface area contributed by atoms with Gasteiger partial charge in [-0.05, 0) is 26.0 Å². The van der Waals surface area contributed by atoms with Gasteiger partial charge in [-0.15, -0.1) is 4.40 Å². The van der Waals surface area contributed by atoms with E-state index in [0.29, 0.717) is 5.56 Å². The molecule has 1 aromatic rings. The molecule has 1 aromatic carbocycles. The lowest BCUT2D eigenvalue weighted by Gasteiger charge is -2.26. The van der Waals surface area contributed by atoms with Crippen LogP contribution in [0.25, 0.3) is 0 Å². The minimum absolute atomic E-state index is 0.126. The van der Waals surface area contributed by atoms with Crippen molar-refractivity contribution in [3.05, 3.63) is 29.8 Å². The molecule has 19 heavy (non-hydrogen) atoms. The van der Waals surface area contributed by atoms with Gasteiger partial charge in [0.05, 0.1) is 0 Å². The first kappa shape index (κ1) is 13.5. The van der Waals surface area contributed by atoms with Gasteiger partial charge >= 0.3 is 5.97 Å². The van der Waals surface area contributed by atoms with Crippen molar-refractivity contribution >= 4 is 21.8 Å². The lowest BCUT2D eigenvalue weighted by Crippen LogP contribution is -2.40. The monoisotopic (exact) mass is 282 g/mol. The van der Waals surface area contributed by atoms with Crippen molar-refractivity contribution in [2.75, 3.05) is 6.54 Å². The van der Waals surface area contributed by atoms with Crippen molar-refractivity contribution in [3.63, 3.8) is 0 Å². The molecule has 0 saturated carbocycles. The Hall–Kier alpha value is -1.89. The van der Waals surface area contributed by atoms with E-state index in [-0.39, 0.29) is 23.3 Å². The second-order valence-electron chi connectivity index (χ2n) is 4.50. The summed E-state index contributed by atoms with van der Waals surface area (Å²) < 4.78 is 27.5. The van der Waals surface area contributed by atoms with Crippen LogP contribution in [-0.4, -0.2) is 42.8 Å². The van der Waals surface area contributed by atoms with Crippen molar-refractivity contribution in [1.29, 1.82) is 0 Å². The fourth-order valence-corrected chi connectivity index (χ4v) is 3.16. The van der Waals surface area contributed by atoms with Gasteiger partial charge in [0, 0.05) is 11.6 Å². The Bertz CT molecular complexity index is 649. The summed E-state index contributed by atoms with van der Waals surface area (Å²) in [7, 11) is -3.72. The Morgan fingerprint density at radius 2 is 2.00 bits per heavy atom. The van der Waals surface area contributed by atoms with Gasteiger partial charge in [-0.3, -0.25) is 4.79 Å². The van der Waals surface area contributed by atoms with E-state index < -0.39 is 16.0 Å². The molecule has 0 amide bonds. The minimum Gasteiger partial charge on any atom is -0.480 e. The summed E-state index contributed by atoms with van der Waals surface area (Å²) in [5, 5.41) is 8.93. The summed E-state index contributed by atoms with van der Waals surface area (Å²) in [6.07, 6.45) is 0. The summed E-state index contributed by atoms with van der Waals surface area (Å²) in [4.78, 5) is 12.5. The van der Waals surface area contributed by atoms with Gasteiger partial charge in [0.25, 0.3) is 10.0 Å². The van der Waals surface area contributed by atoms with Crippen LogP contribution in [0.1, 0.15) is 19.4 Å². The molecule has 6 nitrogen and oxygen atoms in total. The lowest BCUT2D eigenvalue weighted by atomic mass is 10.1. The molecule has 0 saturated heterocycles. The second-order valence-corrected chi connectivity index (χ2v) is 6.07. The van der Waals surface area contributed by atoms with Gasteiger partial charge < -0.3 is 10.0 Å². The van der Waals surface area contributed by atoms with Gasteiger partial charge in [-0.25, -0.2) is 0 Å². The number of hydrogen-bond acceptors (Lipinski definition) is 4. The molecule has 1 aliphatic heterocycles. The maximum atomic E-state index is 11.9. The van der Waals surface area contributed by atoms with Crippen LogP contribution in [0.3, 0.4) is 0 Å². The largest absolute Gasteiger partial charge is 0.480 e. The molecule has 1 N–H and O–H groups in total. The molecule has 0 atom stereocenters. The lowest BCUT2D eigenvalue weighted by molar-refractivity contribution is -0.137. The Morgan fingerprint density at radius 1 is 1.37 bits per heavy atom. The quantitative estimate of drug-likeness (QED) is 0.891. The van der Waals surface area contributed by atoms with E-state index in [9.17, 15) is 13.2 Å². The van der Waals surface area contributed by atoms with E-state index in [0.717, 1.165) is 0 Å². The van der Waals surface area contributed by atoms with Crippen molar-refractivity contribution in [3.8, 4) is 0 Å². The van der Waals surface area contributed by atoms with E-state index in [2.05, 4.69) is 4.40 Å². The van der Waals surface area contributed by atoms with Crippen molar-refractivity contribution < 1.29 is 18.3 Å². The molecule has 0 radical (unpaired) electrons. The van der Waals surface area contributed by atoms with Gasteiger partial charge in [-0.1, -0.05) is 12.1 Å². The standard InChI is InChI=1S/C12H14N2O4S/c1-8(2)14(7-11(15)16)12-9-5-3-4-6-10(9)19(17,18)13-12/h3-6,8H,7H2,1-2H3,(H,15,16). The minimum atomic E-state index is -3.72. The van der Waals surface area contributed by atoms with Crippen molar-refractivity contribution in [1.82, 2.24) is 4.90 Å². The molecule has 2 rings (SSSR count). The van der Waals surface area contributed by atoms with Gasteiger partial charge in [0.2, 0.25) is 0 Å². The molecule has 0 bridgehead atoms. The maximum Gasteiger partial charge on any atom is 0.323 e. The number of rotatable bonds is 3. The predicted octanol–water partition coefficient (Wildman–Crippen LogP) is 0.930. The summed E-state index contributed by atoms with van der Waals surface area (Å²) in [5.74, 6) is -0.828. The normalized spacial score (nSPS) is 16.1. The third-order valence-corrected chi connectivity index (χ3v) is 4.14. The van der Waals surface area contributed by atoms with Crippen LogP contribution in [0.15, 0.2) is 33.6 Å². The zero-order valence-electron chi connectivity index (χ0n) is 10.6. The summed E-state index contributed by atoms with van der Waals surface area (Å²) in [6.45, 7) is 3.29. The number of carbonyl (C=O) groups is 1. The van der Waals surface area contributed by atoms with Crippen LogP contribution in [0.2, 0.25) is 0 Å². The SMILES string of the molecule is CC(C)N(CC(=O)O)C1=NS(=O)(=O)c2ccccc21. The molecule has 0 aromatic heterocycles. The number of carboxylic acids is 1. The predicted molar refractivity (Wildman–Crippen MR) is 69.6 cm³/mol. The van der Waals surface area contributed by atoms with Crippen molar-refractivity contribution in [2.45, 2.75) is 24.8 Å². The number of sulfonamides is 1. The molecule has 0 spiro atoms. The molecule has 102 valence electrons. The fraction of sp³-hybridized carbons (Fsp3) is 0.333. The fourth-order valence-electron chi connectivity index (χ4n) is 1.94. The van der Waals surface area contributed by atoms with Gasteiger partial charge in [0.1, 0.15) is 11.4 Å². The van der Waals surface area contributed by atoms with Crippen LogP contribution >= 0.6 is 0 Å². The van der Waals surface area contributed by atoms with Crippen LogP contribution in [0.5, 0.6) is 0 Å². The molecule has 1 heterocycles. The summed E-state index contributed by atoms with van der Waals surface area (Å²) in [5.41, 5.74) is 0.456. The third kappa shape index (κ3) is 2.46. The molecular formula is C12H14N2O4S. The molecule has 7 heteroatoms. The maximum absolute atomic E-state index is 11.9. The van der Waals surface area contributed by atoms with E-state index in [4.69, 9.17) is 5.11 Å². The number of aliphatic carboxylic acids is 1. The highest BCUT2D eigenvalue weighted by atomic mass is 32.2. The first-order valence-corrected chi connectivity index (χ1v) is 7.20. The number of hydrogen-bond donors (Lipinski definition) is 1. The number of amidine groups is 1. The van der Waals surface area contributed by atoms with E-state index in [1.807, 2.05) is 0 Å². The Balaban J connectivity index is 2.54. The molecule has 0 aliphatic carbocycles. The highest BCUT2D eigenvalue weighted by Gasteiger charge is 2.33. The average molecular weight is 282 g/mol. The zero-order valence-corrected chi connectivity index (χ0v) is 11.4. The number of fused-ring (bicyclic) bond motifs is 1. The van der Waals surface area contributed by atoms with Crippen LogP contribution < -0.4 is 0 Å². The van der Waals surface area contributed by atoms with E-state index in [1.54, 1.807) is 32.0 Å². The van der Waals surface area contributed by atoms with Crippen LogP contribution in [0, 0.1) is 0 Å². The topological polar surface area (TPSA) is 87.0 Å². The Kier molecular flexibility index (Phi) is 3.32. The van der Waals surface area contributed by atoms with E-state index >= 15 is 0 Å². The first-order chi connectivity index (χ1) is 8.83. The van der Waals surface area contributed by atoms with Crippen LogP contribution in [0.4, 0.5) is 0 Å². The highest BCUT2D eigenvalue weighted by molar-refractivity contribution is 7.90. The zero-order chi connectivity index (χ0) is 14.2. The van der Waals surface area contributed by atoms with Crippen LogP contribution in [-0.2, 0) is 14.8 Å². The average Bonchev–Trinajstić information content (AvgIpc) is 2.59. The third-order valence-electron chi connectivity index (χ3n) is 2.81. The smallest absolute Gasteiger partial charge is 0.323 e. The summed E-state index contributed by atoms with van der Waals surface area (Å²) in [6, 6.07) is 6.26. The number of carboxylic acid groups (broad SMARTS) is 1. The second kappa shape index (κ2) is 4.65. The highest BCUT2D eigenvalue weighted by Crippen LogP contribution is 2.28. The Labute approximate surface area is 111 Å². The summed E-state index contributed by atoms with van der Waals surface area (Å²) >= 11 is 0. The van der Waals surface area contributed by atoms with Gasteiger partial charge in [0.15, 0.2) is 5.84 Å². The first-order valence-electron chi connectivity index (χ1n) is 5.76. The molecule has 1 aliphatic rings. The Morgan fingerprint density at radius 3 is 2.58 bits per heavy atom. The van der Waals surface area contributed by atoms with Crippen molar-refractivity contribution in [2.24, 2.45) is 4.40 Å². The van der Waals surface area contributed by atoms with E-state index in [1.165, 1.54) is 11.0 Å². The number of nitrogens with zero attached hydrogens (tertiary/aromatic N) is 2. The number of benzene rings is 1. The molecular weight excluding hydrogens is 268 g/mol. The van der Waals surface area contributed by atoms with Gasteiger partial charge in [-0.2, -0.15) is 8.42 Å².